The predicted molar refractivity (Wildman–Crippen MR) is 97.3 cm³/mol. The van der Waals surface area contributed by atoms with Crippen LogP contribution in [0.3, 0.4) is 0 Å². The summed E-state index contributed by atoms with van der Waals surface area (Å²) in [5, 5.41) is 15.5. The van der Waals surface area contributed by atoms with Gasteiger partial charge < -0.3 is 5.32 Å². The van der Waals surface area contributed by atoms with Crippen LogP contribution in [-0.4, -0.2) is 16.2 Å². The quantitative estimate of drug-likeness (QED) is 0.741. The van der Waals surface area contributed by atoms with Crippen LogP contribution >= 0.6 is 27.3 Å². The largest absolute Gasteiger partial charge is 0.325 e. The van der Waals surface area contributed by atoms with Gasteiger partial charge in [-0.3, -0.25) is 5.32 Å². The molecule has 23 heavy (non-hydrogen) atoms. The van der Waals surface area contributed by atoms with E-state index in [9.17, 15) is 4.79 Å². The van der Waals surface area contributed by atoms with E-state index in [1.54, 1.807) is 0 Å². The number of benzene rings is 1. The average molecular weight is 395 g/mol. The van der Waals surface area contributed by atoms with E-state index in [2.05, 4.69) is 36.8 Å². The number of hydrogen-bond donors (Lipinski definition) is 2. The highest BCUT2D eigenvalue weighted by Crippen LogP contribution is 2.35. The summed E-state index contributed by atoms with van der Waals surface area (Å²) < 4.78 is 1.02. The highest BCUT2D eigenvalue weighted by Gasteiger charge is 2.20. The number of carbonyl (C=O) groups is 1. The minimum absolute atomic E-state index is 0.293. The SMILES string of the molecule is Cc1cc(NC(=O)Nc2nnc(C3CCCCC3)s2)ccc1Br. The Morgan fingerprint density at radius 1 is 1.22 bits per heavy atom. The van der Waals surface area contributed by atoms with Gasteiger partial charge in [0.1, 0.15) is 5.01 Å². The average Bonchev–Trinajstić information content (AvgIpc) is 3.00. The summed E-state index contributed by atoms with van der Waals surface area (Å²) in [5.74, 6) is 0.508. The van der Waals surface area contributed by atoms with Gasteiger partial charge in [-0.25, -0.2) is 4.79 Å². The summed E-state index contributed by atoms with van der Waals surface area (Å²) in [7, 11) is 0. The Bertz CT molecular complexity index is 697. The van der Waals surface area contributed by atoms with E-state index >= 15 is 0 Å². The first kappa shape index (κ1) is 16.4. The van der Waals surface area contributed by atoms with Crippen LogP contribution in [0, 0.1) is 6.92 Å². The zero-order valence-corrected chi connectivity index (χ0v) is 15.3. The zero-order valence-electron chi connectivity index (χ0n) is 12.9. The number of nitrogens with one attached hydrogen (secondary N) is 2. The van der Waals surface area contributed by atoms with Gasteiger partial charge in [-0.1, -0.05) is 46.5 Å². The van der Waals surface area contributed by atoms with Crippen molar-refractivity contribution in [3.8, 4) is 0 Å². The summed E-state index contributed by atoms with van der Waals surface area (Å²) in [5.41, 5.74) is 1.82. The molecule has 0 radical (unpaired) electrons. The van der Waals surface area contributed by atoms with Crippen molar-refractivity contribution in [2.24, 2.45) is 0 Å². The van der Waals surface area contributed by atoms with Crippen LogP contribution in [0.5, 0.6) is 0 Å². The molecule has 2 N–H and O–H groups in total. The Hall–Kier alpha value is -1.47. The number of halogens is 1. The van der Waals surface area contributed by atoms with Gasteiger partial charge in [0, 0.05) is 16.1 Å². The lowest BCUT2D eigenvalue weighted by Crippen LogP contribution is -2.19. The zero-order chi connectivity index (χ0) is 16.2. The van der Waals surface area contributed by atoms with E-state index in [-0.39, 0.29) is 6.03 Å². The molecular weight excluding hydrogens is 376 g/mol. The van der Waals surface area contributed by atoms with Crippen LogP contribution in [0.15, 0.2) is 22.7 Å². The molecule has 7 heteroatoms. The molecular formula is C16H19BrN4OS. The first-order valence-corrected chi connectivity index (χ1v) is 9.40. The summed E-state index contributed by atoms with van der Waals surface area (Å²) in [4.78, 5) is 12.1. The third-order valence-corrected chi connectivity index (χ3v) is 5.92. The molecule has 5 nitrogen and oxygen atoms in total. The smallest absolute Gasteiger partial charge is 0.308 e. The van der Waals surface area contributed by atoms with Crippen molar-refractivity contribution in [2.45, 2.75) is 44.9 Å². The highest BCUT2D eigenvalue weighted by atomic mass is 79.9. The predicted octanol–water partition coefficient (Wildman–Crippen LogP) is 5.30. The van der Waals surface area contributed by atoms with Crippen LogP contribution < -0.4 is 10.6 Å². The fraction of sp³-hybridized carbons (Fsp3) is 0.438. The lowest BCUT2D eigenvalue weighted by atomic mass is 9.90. The molecule has 1 aromatic carbocycles. The molecule has 0 unspecified atom stereocenters. The fourth-order valence-electron chi connectivity index (χ4n) is 2.78. The minimum atomic E-state index is -0.293. The molecule has 0 bridgehead atoms. The van der Waals surface area contributed by atoms with Crippen LogP contribution in [0.4, 0.5) is 15.6 Å². The maximum atomic E-state index is 12.1. The van der Waals surface area contributed by atoms with Crippen LogP contribution in [0.1, 0.15) is 48.6 Å². The van der Waals surface area contributed by atoms with Gasteiger partial charge in [0.25, 0.3) is 0 Å². The Morgan fingerprint density at radius 3 is 2.74 bits per heavy atom. The van der Waals surface area contributed by atoms with Gasteiger partial charge in [0.05, 0.1) is 0 Å². The molecule has 122 valence electrons. The molecule has 0 atom stereocenters. The van der Waals surface area contributed by atoms with Crippen molar-refractivity contribution in [3.63, 3.8) is 0 Å². The second kappa shape index (κ2) is 7.40. The monoisotopic (exact) mass is 394 g/mol. The first-order valence-electron chi connectivity index (χ1n) is 7.79. The third-order valence-electron chi connectivity index (χ3n) is 4.03. The molecule has 0 saturated heterocycles. The van der Waals surface area contributed by atoms with E-state index in [0.717, 1.165) is 20.7 Å². The van der Waals surface area contributed by atoms with Crippen molar-refractivity contribution in [3.05, 3.63) is 33.2 Å². The minimum Gasteiger partial charge on any atom is -0.308 e. The normalized spacial score (nSPS) is 15.4. The number of aromatic nitrogens is 2. The molecule has 1 heterocycles. The van der Waals surface area contributed by atoms with Gasteiger partial charge in [0.2, 0.25) is 5.13 Å². The number of amides is 2. The summed E-state index contributed by atoms with van der Waals surface area (Å²) in [6, 6.07) is 5.39. The Balaban J connectivity index is 1.59. The van der Waals surface area contributed by atoms with Crippen molar-refractivity contribution in [1.82, 2.24) is 10.2 Å². The lowest BCUT2D eigenvalue weighted by molar-refractivity contribution is 0.262. The summed E-state index contributed by atoms with van der Waals surface area (Å²) in [6.07, 6.45) is 6.19. The van der Waals surface area contributed by atoms with E-state index in [4.69, 9.17) is 0 Å². The molecule has 0 aliphatic heterocycles. The number of urea groups is 1. The molecule has 1 aliphatic rings. The van der Waals surface area contributed by atoms with Crippen molar-refractivity contribution >= 4 is 44.1 Å². The second-order valence-corrected chi connectivity index (χ2v) is 7.69. The highest BCUT2D eigenvalue weighted by molar-refractivity contribution is 9.10. The summed E-state index contributed by atoms with van der Waals surface area (Å²) in [6.45, 7) is 1.98. The van der Waals surface area contributed by atoms with Crippen molar-refractivity contribution in [2.75, 3.05) is 10.6 Å². The van der Waals surface area contributed by atoms with E-state index in [0.29, 0.717) is 11.0 Å². The number of rotatable bonds is 3. The Labute approximate surface area is 148 Å². The second-order valence-electron chi connectivity index (χ2n) is 5.82. The molecule has 2 aromatic rings. The van der Waals surface area contributed by atoms with Gasteiger partial charge in [-0.05, 0) is 43.5 Å². The number of aryl methyl sites for hydroxylation is 1. The van der Waals surface area contributed by atoms with E-state index in [1.165, 1.54) is 43.4 Å². The fourth-order valence-corrected chi connectivity index (χ4v) is 3.94. The number of nitrogens with zero attached hydrogens (tertiary/aromatic N) is 2. The lowest BCUT2D eigenvalue weighted by Gasteiger charge is -2.18. The van der Waals surface area contributed by atoms with Crippen molar-refractivity contribution in [1.29, 1.82) is 0 Å². The van der Waals surface area contributed by atoms with Crippen LogP contribution in [-0.2, 0) is 0 Å². The van der Waals surface area contributed by atoms with Gasteiger partial charge in [-0.15, -0.1) is 10.2 Å². The van der Waals surface area contributed by atoms with Gasteiger partial charge >= 0.3 is 6.03 Å². The molecule has 3 rings (SSSR count). The van der Waals surface area contributed by atoms with E-state index in [1.807, 2.05) is 25.1 Å². The standard InChI is InChI=1S/C16H19BrN4OS/c1-10-9-12(7-8-13(10)17)18-15(22)19-16-21-20-14(23-16)11-5-3-2-4-6-11/h7-9,11H,2-6H2,1H3,(H2,18,19,21,22). The molecule has 0 spiro atoms. The topological polar surface area (TPSA) is 66.9 Å². The van der Waals surface area contributed by atoms with Crippen LogP contribution in [0.2, 0.25) is 0 Å². The maximum Gasteiger partial charge on any atom is 0.325 e. The number of anilines is 2. The van der Waals surface area contributed by atoms with Crippen molar-refractivity contribution < 1.29 is 4.79 Å². The van der Waals surface area contributed by atoms with Crippen LogP contribution in [0.25, 0.3) is 0 Å². The molecule has 1 aliphatic carbocycles. The molecule has 1 saturated carbocycles. The maximum absolute atomic E-state index is 12.1. The Kier molecular flexibility index (Phi) is 5.27. The Morgan fingerprint density at radius 2 is 2.00 bits per heavy atom. The molecule has 2 amide bonds. The first-order chi connectivity index (χ1) is 11.1. The summed E-state index contributed by atoms with van der Waals surface area (Å²) >= 11 is 4.93. The van der Waals surface area contributed by atoms with E-state index < -0.39 is 0 Å². The third kappa shape index (κ3) is 4.29. The molecule has 1 fully saturated rings. The molecule has 1 aromatic heterocycles. The van der Waals surface area contributed by atoms with Gasteiger partial charge in [-0.2, -0.15) is 0 Å². The van der Waals surface area contributed by atoms with Gasteiger partial charge in [0.15, 0.2) is 0 Å². The number of hydrogen-bond acceptors (Lipinski definition) is 4. The number of carbonyl (C=O) groups excluding carboxylic acids is 1.